The average molecular weight is 877 g/mol. The summed E-state index contributed by atoms with van der Waals surface area (Å²) in [5, 5.41) is 5.58. The number of rotatable bonds is 4. The molecule has 6 aromatic rings. The molecular formula is C52H62Cl2SiZr-4. The summed E-state index contributed by atoms with van der Waals surface area (Å²) in [5.74, 6) is 3.83. The molecule has 296 valence electrons. The second-order valence-corrected chi connectivity index (χ2v) is 18.0. The second kappa shape index (κ2) is 19.2. The Balaban J connectivity index is 0.000000224. The summed E-state index contributed by atoms with van der Waals surface area (Å²) in [7, 11) is 0. The number of hydrogen-bond acceptors (Lipinski definition) is 0. The number of hydrogen-bond donors (Lipinski definition) is 0. The zero-order chi connectivity index (χ0) is 36.0. The molecule has 0 saturated heterocycles. The summed E-state index contributed by atoms with van der Waals surface area (Å²) in [6, 6.07) is 41.8. The van der Waals surface area contributed by atoms with Gasteiger partial charge in [-0.2, -0.15) is 12.1 Å². The van der Waals surface area contributed by atoms with Crippen LogP contribution in [0.2, 0.25) is 0 Å². The van der Waals surface area contributed by atoms with E-state index in [-0.39, 0.29) is 45.1 Å². The molecule has 0 spiro atoms. The standard InChI is InChI=1S/C26H27.C24H27.2CH3.2ClH.Si.Zr/c1-17-9-22-3-2-4-24(25(22)10-17)21-5-7-23(8-6-21)26-14-18-11-19(15-26)13-20(12-18)16-26;1-24(2,3)21-13-11-18(12-14-21)22-10-6-9-19-15-20(16-23(19)22)17-7-4-5-8-17;;;;;;/h2-10,18-20H,11-16H2,1H3;6,9-17H,4-5,7-8H2,1-3H3;2*1H3;2*1H;;/q4*-1;;;;. The minimum atomic E-state index is 0. The molecule has 2 radical (unpaired) electrons. The quantitative estimate of drug-likeness (QED) is 0.122. The van der Waals surface area contributed by atoms with E-state index in [9.17, 15) is 0 Å². The van der Waals surface area contributed by atoms with E-state index >= 15 is 0 Å². The van der Waals surface area contributed by atoms with Gasteiger partial charge in [0.2, 0.25) is 0 Å². The van der Waals surface area contributed by atoms with Crippen molar-refractivity contribution in [1.29, 1.82) is 0 Å². The van der Waals surface area contributed by atoms with Crippen LogP contribution in [-0.4, -0.2) is 6.88 Å². The van der Waals surface area contributed by atoms with Crippen LogP contribution in [0.25, 0.3) is 43.8 Å². The van der Waals surface area contributed by atoms with Crippen molar-refractivity contribution in [1.82, 2.24) is 0 Å². The summed E-state index contributed by atoms with van der Waals surface area (Å²) < 4.78 is 0. The summed E-state index contributed by atoms with van der Waals surface area (Å²) in [6.07, 6.45) is 14.5. The molecule has 0 aromatic heterocycles. The van der Waals surface area contributed by atoms with Gasteiger partial charge in [-0.15, -0.1) is 93.9 Å². The Bertz CT molecular complexity index is 2120. The predicted octanol–water partition coefficient (Wildman–Crippen LogP) is 15.5. The zero-order valence-electron chi connectivity index (χ0n) is 34.6. The molecule has 0 atom stereocenters. The van der Waals surface area contributed by atoms with Gasteiger partial charge < -0.3 is 14.9 Å². The van der Waals surface area contributed by atoms with E-state index in [1.807, 2.05) is 0 Å². The van der Waals surface area contributed by atoms with E-state index in [0.29, 0.717) is 5.41 Å². The first-order chi connectivity index (χ1) is 25.2. The number of aryl methyl sites for hydroxylation is 1. The SMILES string of the molecule is CC(C)(C)c1ccc(-c2cccc3[cH-]c(C4CCCC4)cc23)cc1.Cc1cc2c(-c3ccc(C45CC6CC(CC(C6)C4)C5)cc3)cccc2[cH-]1.Cl.Cl.[CH3-].[CH3-].[Si]=[Zr]. The first-order valence-electron chi connectivity index (χ1n) is 20.0. The van der Waals surface area contributed by atoms with Gasteiger partial charge in [-0.1, -0.05) is 112 Å². The Morgan fingerprint density at radius 2 is 1.09 bits per heavy atom. The van der Waals surface area contributed by atoms with Crippen LogP contribution in [0.5, 0.6) is 0 Å². The van der Waals surface area contributed by atoms with Crippen molar-refractivity contribution in [3.8, 4) is 22.3 Å². The first-order valence-corrected chi connectivity index (χ1v) is 24.2. The molecule has 0 nitrogen and oxygen atoms in total. The van der Waals surface area contributed by atoms with Crippen LogP contribution in [-0.2, 0) is 34.2 Å². The van der Waals surface area contributed by atoms with Crippen molar-refractivity contribution in [2.45, 2.75) is 109 Å². The Kier molecular flexibility index (Phi) is 16.0. The monoisotopic (exact) mass is 874 g/mol. The predicted molar refractivity (Wildman–Crippen MR) is 248 cm³/mol. The fourth-order valence-electron chi connectivity index (χ4n) is 11.3. The van der Waals surface area contributed by atoms with Crippen molar-refractivity contribution in [2.75, 3.05) is 0 Å². The van der Waals surface area contributed by atoms with E-state index in [4.69, 9.17) is 0 Å². The molecule has 0 N–H and O–H groups in total. The molecule has 0 aliphatic heterocycles. The molecule has 0 unspecified atom stereocenters. The number of benzene rings is 4. The number of halogens is 2. The molecule has 5 fully saturated rings. The molecular weight excluding hydrogens is 815 g/mol. The van der Waals surface area contributed by atoms with E-state index in [0.717, 1.165) is 23.7 Å². The van der Waals surface area contributed by atoms with Crippen molar-refractivity contribution in [3.05, 3.63) is 146 Å². The minimum absolute atomic E-state index is 0. The van der Waals surface area contributed by atoms with E-state index in [2.05, 4.69) is 144 Å². The molecule has 4 bridgehead atoms. The van der Waals surface area contributed by atoms with Crippen LogP contribution in [0.4, 0.5) is 0 Å². The fourth-order valence-corrected chi connectivity index (χ4v) is 11.3. The molecule has 5 aliphatic carbocycles. The molecule has 6 aromatic carbocycles. The normalized spacial score (nSPS) is 22.0. The van der Waals surface area contributed by atoms with Crippen LogP contribution in [0.15, 0.2) is 109 Å². The van der Waals surface area contributed by atoms with E-state index in [1.54, 1.807) is 11.1 Å². The van der Waals surface area contributed by atoms with Crippen LogP contribution >= 0.6 is 24.8 Å². The summed E-state index contributed by atoms with van der Waals surface area (Å²) >= 11 is 1.36. The molecule has 4 heteroatoms. The van der Waals surface area contributed by atoms with Crippen LogP contribution in [0.3, 0.4) is 0 Å². The van der Waals surface area contributed by atoms with Gasteiger partial charge in [-0.05, 0) is 108 Å². The van der Waals surface area contributed by atoms with Gasteiger partial charge in [0.05, 0.1) is 0 Å². The molecule has 0 heterocycles. The van der Waals surface area contributed by atoms with Gasteiger partial charge in [0.1, 0.15) is 0 Å². The van der Waals surface area contributed by atoms with Crippen molar-refractivity contribution in [3.63, 3.8) is 0 Å². The Morgan fingerprint density at radius 3 is 1.59 bits per heavy atom. The summed E-state index contributed by atoms with van der Waals surface area (Å²) in [6.45, 7) is 12.1. The fraction of sp³-hybridized carbons (Fsp3) is 0.385. The third kappa shape index (κ3) is 9.31. The first kappa shape index (κ1) is 46.5. The third-order valence-corrected chi connectivity index (χ3v) is 13.4. The molecule has 5 aliphatic rings. The maximum atomic E-state index is 3.06. The topological polar surface area (TPSA) is 0 Å². The molecule has 11 rings (SSSR count). The van der Waals surface area contributed by atoms with Gasteiger partial charge >= 0.3 is 30.2 Å². The molecule has 56 heavy (non-hydrogen) atoms. The Morgan fingerprint density at radius 1 is 0.625 bits per heavy atom. The van der Waals surface area contributed by atoms with Gasteiger partial charge in [0.15, 0.2) is 0 Å². The molecule has 0 amide bonds. The van der Waals surface area contributed by atoms with E-state index < -0.39 is 0 Å². The molecule has 5 saturated carbocycles. The third-order valence-electron chi connectivity index (χ3n) is 13.4. The van der Waals surface area contributed by atoms with Gasteiger partial charge in [-0.3, -0.25) is 0 Å². The number of fused-ring (bicyclic) bond motifs is 2. The van der Waals surface area contributed by atoms with Crippen molar-refractivity contribution in [2.24, 2.45) is 17.8 Å². The van der Waals surface area contributed by atoms with Crippen LogP contribution in [0, 0.1) is 39.5 Å². The van der Waals surface area contributed by atoms with Gasteiger partial charge in [0, 0.05) is 0 Å². The van der Waals surface area contributed by atoms with Crippen molar-refractivity contribution >= 4 is 53.2 Å². The van der Waals surface area contributed by atoms with Gasteiger partial charge in [-0.25, -0.2) is 0 Å². The second-order valence-electron chi connectivity index (χ2n) is 18.0. The van der Waals surface area contributed by atoms with Crippen molar-refractivity contribution < 1.29 is 23.3 Å². The zero-order valence-corrected chi connectivity index (χ0v) is 39.7. The van der Waals surface area contributed by atoms with E-state index in [1.165, 1.54) is 142 Å². The Labute approximate surface area is 368 Å². The average Bonchev–Trinajstić information content (AvgIpc) is 3.92. The summed E-state index contributed by atoms with van der Waals surface area (Å²) in [4.78, 5) is 0. The van der Waals surface area contributed by atoms with Gasteiger partial charge in [0.25, 0.3) is 0 Å². The van der Waals surface area contributed by atoms with Crippen LogP contribution in [0.1, 0.15) is 113 Å². The maximum absolute atomic E-state index is 3.06. The Hall–Kier alpha value is -2.22. The van der Waals surface area contributed by atoms with Crippen LogP contribution < -0.4 is 0 Å². The summed E-state index contributed by atoms with van der Waals surface area (Å²) in [5.41, 5.74) is 12.1.